The summed E-state index contributed by atoms with van der Waals surface area (Å²) in [5, 5.41) is 3.21. The van der Waals surface area contributed by atoms with Crippen LogP contribution in [0.4, 0.5) is 13.2 Å². The van der Waals surface area contributed by atoms with Crippen LogP contribution in [0.1, 0.15) is 36.9 Å². The van der Waals surface area contributed by atoms with Gasteiger partial charge in [-0.1, -0.05) is 12.1 Å². The summed E-state index contributed by atoms with van der Waals surface area (Å²) >= 11 is 0. The number of hydrogen-bond donors (Lipinski definition) is 1. The lowest BCUT2D eigenvalue weighted by Gasteiger charge is -2.26. The van der Waals surface area contributed by atoms with E-state index in [0.29, 0.717) is 18.1 Å². The monoisotopic (exact) mass is 323 g/mol. The fourth-order valence-electron chi connectivity index (χ4n) is 2.57. The van der Waals surface area contributed by atoms with Crippen LogP contribution >= 0.6 is 0 Å². The minimum absolute atomic E-state index is 0.334. The van der Waals surface area contributed by atoms with Gasteiger partial charge in [0, 0.05) is 12.7 Å². The van der Waals surface area contributed by atoms with E-state index in [1.807, 2.05) is 12.3 Å². The normalized spacial score (nSPS) is 21.4. The predicted octanol–water partition coefficient (Wildman–Crippen LogP) is 3.95. The number of aliphatic imine (C=N–C) groups is 1. The summed E-state index contributed by atoms with van der Waals surface area (Å²) < 4.78 is 38.3. The maximum atomic E-state index is 12.8. The molecule has 1 saturated carbocycles. The van der Waals surface area contributed by atoms with Crippen molar-refractivity contribution in [2.75, 3.05) is 13.2 Å². The Balaban J connectivity index is 1.67. The second-order valence-corrected chi connectivity index (χ2v) is 6.18. The molecule has 1 heterocycles. The third-order valence-corrected chi connectivity index (χ3v) is 4.13. The maximum Gasteiger partial charge on any atom is 0.416 e. The van der Waals surface area contributed by atoms with Gasteiger partial charge in [-0.3, -0.25) is 4.99 Å². The second-order valence-electron chi connectivity index (χ2n) is 6.18. The van der Waals surface area contributed by atoms with Gasteiger partial charge in [-0.2, -0.15) is 13.2 Å². The Morgan fingerprint density at radius 1 is 1.35 bits per heavy atom. The fraction of sp³-hybridized carbons (Fsp3) is 0.471. The highest BCUT2D eigenvalue weighted by atomic mass is 19.4. The molecule has 1 N–H and O–H groups in total. The van der Waals surface area contributed by atoms with Crippen molar-refractivity contribution in [3.05, 3.63) is 47.7 Å². The van der Waals surface area contributed by atoms with Crippen molar-refractivity contribution in [1.82, 2.24) is 10.2 Å². The van der Waals surface area contributed by atoms with Crippen LogP contribution in [0, 0.1) is 5.92 Å². The quantitative estimate of drug-likeness (QED) is 0.908. The Labute approximate surface area is 133 Å². The largest absolute Gasteiger partial charge is 0.416 e. The molecule has 1 aliphatic heterocycles. The fourth-order valence-corrected chi connectivity index (χ4v) is 2.57. The average molecular weight is 323 g/mol. The van der Waals surface area contributed by atoms with Crippen molar-refractivity contribution < 1.29 is 13.2 Å². The SMILES string of the molecule is C[C@H](N=C1C=CN(CC2CC2)CN1)c1cccc(C(F)(F)F)c1. The van der Waals surface area contributed by atoms with Gasteiger partial charge in [0.25, 0.3) is 0 Å². The molecule has 0 amide bonds. The zero-order valence-corrected chi connectivity index (χ0v) is 13.0. The number of hydrogen-bond acceptors (Lipinski definition) is 2. The van der Waals surface area contributed by atoms with E-state index in [9.17, 15) is 13.2 Å². The third-order valence-electron chi connectivity index (χ3n) is 4.13. The number of halogens is 3. The van der Waals surface area contributed by atoms with Crippen molar-refractivity contribution in [2.45, 2.75) is 32.0 Å². The van der Waals surface area contributed by atoms with E-state index in [1.165, 1.54) is 25.0 Å². The first-order valence-corrected chi connectivity index (χ1v) is 7.83. The van der Waals surface area contributed by atoms with Crippen LogP contribution in [0.25, 0.3) is 0 Å². The molecule has 0 radical (unpaired) electrons. The van der Waals surface area contributed by atoms with E-state index >= 15 is 0 Å². The van der Waals surface area contributed by atoms with Gasteiger partial charge in [-0.05, 0) is 49.5 Å². The molecule has 1 aromatic carbocycles. The Morgan fingerprint density at radius 3 is 2.74 bits per heavy atom. The molecule has 2 aliphatic rings. The summed E-state index contributed by atoms with van der Waals surface area (Å²) in [5.74, 6) is 1.52. The molecule has 0 aromatic heterocycles. The van der Waals surface area contributed by atoms with Gasteiger partial charge >= 0.3 is 6.18 Å². The lowest BCUT2D eigenvalue weighted by atomic mass is 10.1. The first kappa shape index (κ1) is 15.9. The van der Waals surface area contributed by atoms with Crippen LogP contribution in [-0.2, 0) is 6.18 Å². The van der Waals surface area contributed by atoms with Crippen LogP contribution < -0.4 is 5.32 Å². The van der Waals surface area contributed by atoms with Gasteiger partial charge in [-0.25, -0.2) is 0 Å². The lowest BCUT2D eigenvalue weighted by Crippen LogP contribution is -2.39. The summed E-state index contributed by atoms with van der Waals surface area (Å²) in [6.45, 7) is 3.55. The minimum atomic E-state index is -4.32. The maximum absolute atomic E-state index is 12.8. The van der Waals surface area contributed by atoms with Crippen molar-refractivity contribution in [3.8, 4) is 0 Å². The molecule has 3 rings (SSSR count). The summed E-state index contributed by atoms with van der Waals surface area (Å²) in [7, 11) is 0. The Hall–Kier alpha value is -1.98. The number of nitrogens with zero attached hydrogens (tertiary/aromatic N) is 2. The van der Waals surface area contributed by atoms with Crippen molar-refractivity contribution in [1.29, 1.82) is 0 Å². The second kappa shape index (κ2) is 6.26. The molecule has 124 valence electrons. The van der Waals surface area contributed by atoms with E-state index in [-0.39, 0.29) is 6.04 Å². The molecular weight excluding hydrogens is 303 g/mol. The molecule has 0 saturated heterocycles. The molecule has 0 spiro atoms. The minimum Gasteiger partial charge on any atom is -0.360 e. The molecule has 6 heteroatoms. The zero-order chi connectivity index (χ0) is 16.4. The molecule has 3 nitrogen and oxygen atoms in total. The highest BCUT2D eigenvalue weighted by Gasteiger charge is 2.30. The number of rotatable bonds is 4. The van der Waals surface area contributed by atoms with Crippen molar-refractivity contribution in [3.63, 3.8) is 0 Å². The topological polar surface area (TPSA) is 27.6 Å². The molecular formula is C17H20F3N3. The van der Waals surface area contributed by atoms with E-state index in [2.05, 4.69) is 15.2 Å². The van der Waals surface area contributed by atoms with Crippen molar-refractivity contribution in [2.24, 2.45) is 10.9 Å². The Kier molecular flexibility index (Phi) is 4.33. The van der Waals surface area contributed by atoms with E-state index in [0.717, 1.165) is 18.5 Å². The van der Waals surface area contributed by atoms with E-state index < -0.39 is 11.7 Å². The van der Waals surface area contributed by atoms with Gasteiger partial charge in [-0.15, -0.1) is 0 Å². The molecule has 1 aromatic rings. The zero-order valence-electron chi connectivity index (χ0n) is 13.0. The molecule has 1 atom stereocenters. The van der Waals surface area contributed by atoms with Gasteiger partial charge < -0.3 is 10.2 Å². The number of benzene rings is 1. The predicted molar refractivity (Wildman–Crippen MR) is 83.9 cm³/mol. The number of nitrogens with one attached hydrogen (secondary N) is 1. The van der Waals surface area contributed by atoms with Gasteiger partial charge in [0.05, 0.1) is 18.3 Å². The third kappa shape index (κ3) is 4.27. The average Bonchev–Trinajstić information content (AvgIpc) is 3.32. The highest BCUT2D eigenvalue weighted by Crippen LogP contribution is 2.31. The van der Waals surface area contributed by atoms with Crippen LogP contribution in [0.5, 0.6) is 0 Å². The van der Waals surface area contributed by atoms with Crippen LogP contribution in [0.3, 0.4) is 0 Å². The van der Waals surface area contributed by atoms with Crippen molar-refractivity contribution >= 4 is 5.84 Å². The van der Waals surface area contributed by atoms with Gasteiger partial charge in [0.2, 0.25) is 0 Å². The highest BCUT2D eigenvalue weighted by molar-refractivity contribution is 5.93. The van der Waals surface area contributed by atoms with Gasteiger partial charge in [0.15, 0.2) is 0 Å². The summed E-state index contributed by atoms with van der Waals surface area (Å²) in [6.07, 6.45) is 2.17. The Bertz CT molecular complexity index is 618. The molecule has 1 aliphatic carbocycles. The standard InChI is InChI=1S/C17H20F3N3/c1-12(14-3-2-4-15(9-14)17(18,19)20)22-16-7-8-23(11-21-16)10-13-5-6-13/h2-4,7-9,12-13H,5-6,10-11H2,1H3,(H,21,22)/t12-/m0/s1. The molecule has 1 fully saturated rings. The first-order chi connectivity index (χ1) is 10.9. The van der Waals surface area contributed by atoms with Crippen LogP contribution in [0.15, 0.2) is 41.5 Å². The van der Waals surface area contributed by atoms with E-state index in [4.69, 9.17) is 0 Å². The number of alkyl halides is 3. The Morgan fingerprint density at radius 2 is 2.13 bits per heavy atom. The molecule has 0 bridgehead atoms. The lowest BCUT2D eigenvalue weighted by molar-refractivity contribution is -0.137. The first-order valence-electron chi connectivity index (χ1n) is 7.83. The van der Waals surface area contributed by atoms with Gasteiger partial charge in [0.1, 0.15) is 5.84 Å². The number of amidine groups is 1. The molecule has 0 unspecified atom stereocenters. The smallest absolute Gasteiger partial charge is 0.360 e. The van der Waals surface area contributed by atoms with E-state index in [1.54, 1.807) is 13.0 Å². The van der Waals surface area contributed by atoms with Crippen LogP contribution in [-0.4, -0.2) is 23.9 Å². The molecule has 23 heavy (non-hydrogen) atoms. The summed E-state index contributed by atoms with van der Waals surface area (Å²) in [6, 6.07) is 5.02. The summed E-state index contributed by atoms with van der Waals surface area (Å²) in [4.78, 5) is 6.68. The summed E-state index contributed by atoms with van der Waals surface area (Å²) in [5.41, 5.74) is -0.0762. The van der Waals surface area contributed by atoms with Crippen LogP contribution in [0.2, 0.25) is 0 Å².